The van der Waals surface area contributed by atoms with Crippen molar-refractivity contribution < 1.29 is 18.6 Å². The van der Waals surface area contributed by atoms with E-state index in [9.17, 15) is 0 Å². The highest BCUT2D eigenvalue weighted by Crippen LogP contribution is 2.38. The number of aromatic nitrogens is 3. The van der Waals surface area contributed by atoms with E-state index in [0.29, 0.717) is 29.4 Å². The molecule has 5 aromatic rings. The van der Waals surface area contributed by atoms with Gasteiger partial charge in [-0.25, -0.2) is 14.6 Å². The standard InChI is InChI=1S/C24H20N4O4S2/c1-29-15-8-19(31-12-22-25-18(13-33-22)14-6-4-3-5-7-14)16-10-21(32-20(16)9-15)17-11-28-23(26-17)34-24(27-28)30-2/h3-11,13,24,27H,12H2,1-2H3. The molecule has 0 saturated carbocycles. The Hall–Kier alpha value is -3.47. The van der Waals surface area contributed by atoms with E-state index in [4.69, 9.17) is 23.6 Å². The molecule has 0 bridgehead atoms. The molecule has 8 nitrogen and oxygen atoms in total. The minimum Gasteiger partial charge on any atom is -0.496 e. The third-order valence-corrected chi connectivity index (χ3v) is 7.21. The van der Waals surface area contributed by atoms with Crippen LogP contribution in [0.2, 0.25) is 0 Å². The molecule has 0 amide bonds. The molecule has 1 aliphatic rings. The van der Waals surface area contributed by atoms with Crippen LogP contribution in [0.1, 0.15) is 5.01 Å². The average Bonchev–Trinajstić information content (AvgIpc) is 3.65. The van der Waals surface area contributed by atoms with E-state index in [1.54, 1.807) is 25.6 Å². The van der Waals surface area contributed by atoms with Crippen LogP contribution < -0.4 is 14.9 Å². The zero-order chi connectivity index (χ0) is 23.1. The lowest BCUT2D eigenvalue weighted by Gasteiger charge is -2.07. The van der Waals surface area contributed by atoms with E-state index < -0.39 is 0 Å². The van der Waals surface area contributed by atoms with Crippen LogP contribution in [0.5, 0.6) is 11.5 Å². The lowest BCUT2D eigenvalue weighted by Crippen LogP contribution is -2.19. The number of nitrogens with zero attached hydrogens (tertiary/aromatic N) is 3. The van der Waals surface area contributed by atoms with Crippen LogP contribution >= 0.6 is 23.1 Å². The summed E-state index contributed by atoms with van der Waals surface area (Å²) in [5.74, 6) is 1.96. The summed E-state index contributed by atoms with van der Waals surface area (Å²) in [7, 11) is 3.27. The highest BCUT2D eigenvalue weighted by atomic mass is 32.2. The van der Waals surface area contributed by atoms with Gasteiger partial charge in [-0.1, -0.05) is 30.3 Å². The number of nitrogens with one attached hydrogen (secondary N) is 1. The monoisotopic (exact) mass is 492 g/mol. The predicted molar refractivity (Wildman–Crippen MR) is 132 cm³/mol. The Morgan fingerprint density at radius 1 is 1.09 bits per heavy atom. The first-order chi connectivity index (χ1) is 16.7. The third kappa shape index (κ3) is 3.89. The molecule has 1 N–H and O–H groups in total. The average molecular weight is 493 g/mol. The van der Waals surface area contributed by atoms with Crippen LogP contribution in [0, 0.1) is 0 Å². The Balaban J connectivity index is 1.27. The van der Waals surface area contributed by atoms with Crippen molar-refractivity contribution in [3.8, 4) is 34.2 Å². The first-order valence-electron chi connectivity index (χ1n) is 10.5. The molecule has 3 aromatic heterocycles. The van der Waals surface area contributed by atoms with Crippen molar-refractivity contribution in [2.75, 3.05) is 19.6 Å². The third-order valence-electron chi connectivity index (χ3n) is 5.38. The van der Waals surface area contributed by atoms with E-state index in [2.05, 4.69) is 10.4 Å². The minimum absolute atomic E-state index is 0.148. The normalized spacial score (nSPS) is 14.8. The molecular weight excluding hydrogens is 472 g/mol. The molecule has 2 aromatic carbocycles. The van der Waals surface area contributed by atoms with Gasteiger partial charge in [-0.2, -0.15) is 0 Å². The Kier molecular flexibility index (Phi) is 5.40. The molecule has 0 spiro atoms. The molecule has 0 saturated heterocycles. The van der Waals surface area contributed by atoms with Gasteiger partial charge in [0.2, 0.25) is 0 Å². The van der Waals surface area contributed by atoms with Crippen LogP contribution in [0.3, 0.4) is 0 Å². The lowest BCUT2D eigenvalue weighted by molar-refractivity contribution is 0.187. The minimum atomic E-state index is -0.148. The number of ether oxygens (including phenoxy) is 3. The first kappa shape index (κ1) is 21.1. The lowest BCUT2D eigenvalue weighted by atomic mass is 10.2. The molecular formula is C24H20N4O4S2. The molecule has 1 atom stereocenters. The molecule has 1 unspecified atom stereocenters. The number of hydrogen-bond acceptors (Lipinski definition) is 9. The maximum absolute atomic E-state index is 6.19. The number of thioether (sulfide) groups is 1. The summed E-state index contributed by atoms with van der Waals surface area (Å²) < 4.78 is 24.9. The fourth-order valence-corrected chi connectivity index (χ4v) is 5.24. The summed E-state index contributed by atoms with van der Waals surface area (Å²) in [6.07, 6.45) is 1.89. The molecule has 34 heavy (non-hydrogen) atoms. The zero-order valence-corrected chi connectivity index (χ0v) is 20.0. The second-order valence-electron chi connectivity index (χ2n) is 7.52. The molecule has 1 aliphatic heterocycles. The number of furan rings is 1. The zero-order valence-electron chi connectivity index (χ0n) is 18.3. The van der Waals surface area contributed by atoms with E-state index in [-0.39, 0.29) is 5.56 Å². The largest absolute Gasteiger partial charge is 0.496 e. The van der Waals surface area contributed by atoms with Crippen molar-refractivity contribution in [1.82, 2.24) is 14.6 Å². The van der Waals surface area contributed by atoms with Crippen molar-refractivity contribution in [2.45, 2.75) is 17.3 Å². The van der Waals surface area contributed by atoms with Gasteiger partial charge in [0.15, 0.2) is 16.5 Å². The second-order valence-corrected chi connectivity index (χ2v) is 9.49. The van der Waals surface area contributed by atoms with Crippen molar-refractivity contribution in [2.24, 2.45) is 0 Å². The van der Waals surface area contributed by atoms with Gasteiger partial charge in [0.1, 0.15) is 34.4 Å². The van der Waals surface area contributed by atoms with Gasteiger partial charge in [-0.05, 0) is 17.8 Å². The van der Waals surface area contributed by atoms with E-state index in [1.807, 2.05) is 64.8 Å². The maximum Gasteiger partial charge on any atom is 0.196 e. The van der Waals surface area contributed by atoms with Gasteiger partial charge in [0.05, 0.1) is 24.4 Å². The number of benzene rings is 2. The predicted octanol–water partition coefficient (Wildman–Crippen LogP) is 5.59. The number of methoxy groups -OCH3 is 2. The van der Waals surface area contributed by atoms with Gasteiger partial charge < -0.3 is 18.6 Å². The second kappa shape index (κ2) is 8.71. The molecule has 0 radical (unpaired) electrons. The smallest absolute Gasteiger partial charge is 0.196 e. The molecule has 0 aliphatic carbocycles. The Labute approximate surface area is 203 Å². The highest BCUT2D eigenvalue weighted by molar-refractivity contribution is 7.99. The van der Waals surface area contributed by atoms with Crippen LogP contribution in [0.4, 0.5) is 0 Å². The molecule has 172 valence electrons. The van der Waals surface area contributed by atoms with Crippen molar-refractivity contribution in [3.05, 3.63) is 65.1 Å². The summed E-state index contributed by atoms with van der Waals surface area (Å²) in [6, 6.07) is 15.8. The quantitative estimate of drug-likeness (QED) is 0.315. The maximum atomic E-state index is 6.19. The topological polar surface area (TPSA) is 83.6 Å². The van der Waals surface area contributed by atoms with Gasteiger partial charge in [-0.3, -0.25) is 5.43 Å². The van der Waals surface area contributed by atoms with Crippen molar-refractivity contribution in [3.63, 3.8) is 0 Å². The molecule has 10 heteroatoms. The van der Waals surface area contributed by atoms with Crippen molar-refractivity contribution in [1.29, 1.82) is 0 Å². The molecule has 0 fully saturated rings. The fourth-order valence-electron chi connectivity index (χ4n) is 3.70. The highest BCUT2D eigenvalue weighted by Gasteiger charge is 2.25. The van der Waals surface area contributed by atoms with Crippen LogP contribution in [-0.2, 0) is 11.3 Å². The van der Waals surface area contributed by atoms with E-state index >= 15 is 0 Å². The molecule has 6 rings (SSSR count). The van der Waals surface area contributed by atoms with Gasteiger partial charge in [0.25, 0.3) is 0 Å². The van der Waals surface area contributed by atoms with E-state index in [0.717, 1.165) is 32.5 Å². The van der Waals surface area contributed by atoms with Gasteiger partial charge >= 0.3 is 0 Å². The van der Waals surface area contributed by atoms with Crippen LogP contribution in [-0.4, -0.2) is 34.4 Å². The van der Waals surface area contributed by atoms with Crippen LogP contribution in [0.25, 0.3) is 33.7 Å². The number of fused-ring (bicyclic) bond motifs is 2. The summed E-state index contributed by atoms with van der Waals surface area (Å²) in [5.41, 5.74) is 6.46. The Morgan fingerprint density at radius 3 is 2.76 bits per heavy atom. The van der Waals surface area contributed by atoms with E-state index in [1.165, 1.54) is 11.8 Å². The SMILES string of the molecule is COc1cc(OCc2nc(-c3ccccc3)cs2)c2cc(-c3cn4c(n3)SC(OC)N4)oc2c1. The van der Waals surface area contributed by atoms with Crippen LogP contribution in [0.15, 0.2) is 69.7 Å². The van der Waals surface area contributed by atoms with Gasteiger partial charge in [0, 0.05) is 30.2 Å². The fraction of sp³-hybridized carbons (Fsp3) is 0.167. The summed E-state index contributed by atoms with van der Waals surface area (Å²) in [5, 5.41) is 4.59. The number of thiazole rings is 1. The summed E-state index contributed by atoms with van der Waals surface area (Å²) >= 11 is 3.07. The number of imidazole rings is 1. The Morgan fingerprint density at radius 2 is 1.97 bits per heavy atom. The Bertz CT molecular complexity index is 1440. The molecule has 4 heterocycles. The summed E-state index contributed by atoms with van der Waals surface area (Å²) in [6.45, 7) is 0.345. The first-order valence-corrected chi connectivity index (χ1v) is 12.3. The summed E-state index contributed by atoms with van der Waals surface area (Å²) in [4.78, 5) is 9.38. The van der Waals surface area contributed by atoms with Crippen molar-refractivity contribution >= 4 is 34.1 Å². The number of hydrogen-bond donors (Lipinski definition) is 1. The van der Waals surface area contributed by atoms with Gasteiger partial charge in [-0.15, -0.1) is 11.3 Å². The number of rotatable bonds is 7.